The molecular formula is C12H14N4O3S. The van der Waals surface area contributed by atoms with Gasteiger partial charge in [0.1, 0.15) is 6.33 Å². The zero-order valence-corrected chi connectivity index (χ0v) is 11.9. The number of thioether (sulfide) groups is 1. The molecule has 2 heterocycles. The molecule has 2 rings (SSSR count). The molecule has 1 unspecified atom stereocenters. The molecule has 0 aliphatic heterocycles. The lowest BCUT2D eigenvalue weighted by Crippen LogP contribution is -2.06. The van der Waals surface area contributed by atoms with E-state index in [1.165, 1.54) is 13.4 Å². The summed E-state index contributed by atoms with van der Waals surface area (Å²) < 4.78 is 6.98. The quantitative estimate of drug-likeness (QED) is 0.641. The van der Waals surface area contributed by atoms with Crippen molar-refractivity contribution in [2.24, 2.45) is 0 Å². The van der Waals surface area contributed by atoms with E-state index in [0.717, 1.165) is 11.8 Å². The lowest BCUT2D eigenvalue weighted by atomic mass is 10.3. The zero-order valence-electron chi connectivity index (χ0n) is 11.1. The van der Waals surface area contributed by atoms with Crippen LogP contribution in [0.2, 0.25) is 0 Å². The highest BCUT2D eigenvalue weighted by Crippen LogP contribution is 2.30. The molecule has 2 aromatic rings. The minimum absolute atomic E-state index is 0.0732. The number of imidazole rings is 1. The van der Waals surface area contributed by atoms with Crippen molar-refractivity contribution in [1.82, 2.24) is 19.5 Å². The molecule has 1 N–H and O–H groups in total. The summed E-state index contributed by atoms with van der Waals surface area (Å²) in [6.45, 7) is 5.68. The summed E-state index contributed by atoms with van der Waals surface area (Å²) in [6.07, 6.45) is 3.13. The van der Waals surface area contributed by atoms with E-state index < -0.39 is 5.97 Å². The summed E-state index contributed by atoms with van der Waals surface area (Å²) in [5.74, 6) is -0.622. The summed E-state index contributed by atoms with van der Waals surface area (Å²) in [6, 6.07) is -0.0732. The summed E-state index contributed by atoms with van der Waals surface area (Å²) in [4.78, 5) is 23.3. The molecule has 0 aliphatic rings. The van der Waals surface area contributed by atoms with Crippen molar-refractivity contribution in [2.45, 2.75) is 18.1 Å². The van der Waals surface area contributed by atoms with Gasteiger partial charge in [-0.05, 0) is 6.92 Å². The molecule has 0 bridgehead atoms. The van der Waals surface area contributed by atoms with Crippen molar-refractivity contribution in [3.05, 3.63) is 19.0 Å². The predicted octanol–water partition coefficient (Wildman–Crippen LogP) is 1.76. The Kier molecular flexibility index (Phi) is 4.23. The Labute approximate surface area is 119 Å². The molecular weight excluding hydrogens is 280 g/mol. The van der Waals surface area contributed by atoms with Crippen LogP contribution in [0.3, 0.4) is 0 Å². The predicted molar refractivity (Wildman–Crippen MR) is 75.1 cm³/mol. The number of aromatic nitrogens is 4. The maximum absolute atomic E-state index is 10.7. The van der Waals surface area contributed by atoms with Crippen LogP contribution < -0.4 is 4.74 Å². The molecule has 0 aromatic carbocycles. The lowest BCUT2D eigenvalue weighted by molar-refractivity contribution is -0.133. The van der Waals surface area contributed by atoms with Crippen LogP contribution in [0.15, 0.2) is 24.1 Å². The molecule has 0 fully saturated rings. The summed E-state index contributed by atoms with van der Waals surface area (Å²) in [5, 5.41) is 9.36. The Morgan fingerprint density at radius 3 is 3.00 bits per heavy atom. The highest BCUT2D eigenvalue weighted by molar-refractivity contribution is 7.99. The van der Waals surface area contributed by atoms with Crippen LogP contribution in [0.1, 0.15) is 13.0 Å². The van der Waals surface area contributed by atoms with Gasteiger partial charge in [-0.1, -0.05) is 17.8 Å². The number of aliphatic carboxylic acids is 1. The standard InChI is InChI=1S/C12H14N4O3S/c1-4-7(2)16-10-9(11(19-3)14-6-13-10)15-12(16)20-5-8(17)18/h4,6-7H,1,5H2,2-3H3,(H,17,18). The fourth-order valence-electron chi connectivity index (χ4n) is 1.72. The first kappa shape index (κ1) is 14.3. The Morgan fingerprint density at radius 1 is 1.65 bits per heavy atom. The van der Waals surface area contributed by atoms with Gasteiger partial charge in [-0.15, -0.1) is 6.58 Å². The lowest BCUT2D eigenvalue weighted by Gasteiger charge is -2.11. The number of methoxy groups -OCH3 is 1. The first-order chi connectivity index (χ1) is 9.58. The van der Waals surface area contributed by atoms with Crippen molar-refractivity contribution < 1.29 is 14.6 Å². The van der Waals surface area contributed by atoms with Crippen LogP contribution in [0.25, 0.3) is 11.2 Å². The Hall–Kier alpha value is -2.09. The van der Waals surface area contributed by atoms with Gasteiger partial charge in [-0.25, -0.2) is 9.97 Å². The van der Waals surface area contributed by atoms with Gasteiger partial charge in [-0.3, -0.25) is 9.36 Å². The van der Waals surface area contributed by atoms with Gasteiger partial charge < -0.3 is 9.84 Å². The van der Waals surface area contributed by atoms with Gasteiger partial charge in [0, 0.05) is 0 Å². The number of allylic oxidation sites excluding steroid dienone is 1. The van der Waals surface area contributed by atoms with Gasteiger partial charge in [0.15, 0.2) is 16.3 Å². The number of rotatable bonds is 6. The second kappa shape index (κ2) is 5.91. The molecule has 0 amide bonds. The molecule has 0 aliphatic carbocycles. The van der Waals surface area contributed by atoms with Crippen LogP contribution in [0.4, 0.5) is 0 Å². The molecule has 1 atom stereocenters. The third kappa shape index (κ3) is 2.60. The van der Waals surface area contributed by atoms with E-state index in [1.54, 1.807) is 6.08 Å². The summed E-state index contributed by atoms with van der Waals surface area (Å²) in [5.41, 5.74) is 1.11. The maximum Gasteiger partial charge on any atom is 0.313 e. The zero-order chi connectivity index (χ0) is 14.7. The van der Waals surface area contributed by atoms with Crippen molar-refractivity contribution >= 4 is 28.9 Å². The number of hydrogen-bond donors (Lipinski definition) is 1. The van der Waals surface area contributed by atoms with Crippen LogP contribution in [-0.2, 0) is 4.79 Å². The number of carboxylic acids is 1. The van der Waals surface area contributed by atoms with Gasteiger partial charge >= 0.3 is 5.97 Å². The van der Waals surface area contributed by atoms with Crippen molar-refractivity contribution in [1.29, 1.82) is 0 Å². The Balaban J connectivity index is 2.59. The second-order valence-corrected chi connectivity index (χ2v) is 4.92. The number of hydrogen-bond acceptors (Lipinski definition) is 6. The number of nitrogens with zero attached hydrogens (tertiary/aromatic N) is 4. The molecule has 0 spiro atoms. The van der Waals surface area contributed by atoms with Crippen LogP contribution in [0.5, 0.6) is 5.88 Å². The topological polar surface area (TPSA) is 90.1 Å². The first-order valence-electron chi connectivity index (χ1n) is 5.82. The van der Waals surface area contributed by atoms with E-state index in [4.69, 9.17) is 9.84 Å². The highest BCUT2D eigenvalue weighted by atomic mass is 32.2. The van der Waals surface area contributed by atoms with Crippen LogP contribution in [0, 0.1) is 0 Å². The third-order valence-corrected chi connectivity index (χ3v) is 3.62. The largest absolute Gasteiger partial charge is 0.481 e. The van der Waals surface area contributed by atoms with E-state index in [1.807, 2.05) is 11.5 Å². The number of ether oxygens (including phenoxy) is 1. The van der Waals surface area contributed by atoms with Crippen LogP contribution in [-0.4, -0.2) is 43.5 Å². The average Bonchev–Trinajstić information content (AvgIpc) is 2.82. The van der Waals surface area contributed by atoms with Gasteiger partial charge in [-0.2, -0.15) is 4.98 Å². The highest BCUT2D eigenvalue weighted by Gasteiger charge is 2.19. The van der Waals surface area contributed by atoms with E-state index in [0.29, 0.717) is 22.2 Å². The number of carbonyl (C=O) groups is 1. The number of fused-ring (bicyclic) bond motifs is 1. The monoisotopic (exact) mass is 294 g/mol. The summed E-state index contributed by atoms with van der Waals surface area (Å²) in [7, 11) is 1.50. The maximum atomic E-state index is 10.7. The smallest absolute Gasteiger partial charge is 0.313 e. The molecule has 0 saturated carbocycles. The van der Waals surface area contributed by atoms with E-state index in [9.17, 15) is 4.79 Å². The van der Waals surface area contributed by atoms with E-state index >= 15 is 0 Å². The van der Waals surface area contributed by atoms with Crippen molar-refractivity contribution in [2.75, 3.05) is 12.9 Å². The van der Waals surface area contributed by atoms with E-state index in [2.05, 4.69) is 21.5 Å². The first-order valence-corrected chi connectivity index (χ1v) is 6.81. The minimum Gasteiger partial charge on any atom is -0.481 e. The van der Waals surface area contributed by atoms with Crippen molar-refractivity contribution in [3.63, 3.8) is 0 Å². The fourth-order valence-corrected chi connectivity index (χ4v) is 2.52. The Bertz CT molecular complexity index is 655. The minimum atomic E-state index is -0.905. The molecule has 0 radical (unpaired) electrons. The molecule has 2 aromatic heterocycles. The molecule has 7 nitrogen and oxygen atoms in total. The van der Waals surface area contributed by atoms with Gasteiger partial charge in [0.2, 0.25) is 5.88 Å². The van der Waals surface area contributed by atoms with Gasteiger partial charge in [0.05, 0.1) is 18.9 Å². The molecule has 20 heavy (non-hydrogen) atoms. The molecule has 106 valence electrons. The Morgan fingerprint density at radius 2 is 2.40 bits per heavy atom. The molecule has 0 saturated heterocycles. The third-order valence-electron chi connectivity index (χ3n) is 2.68. The van der Waals surface area contributed by atoms with E-state index in [-0.39, 0.29) is 11.8 Å². The average molecular weight is 294 g/mol. The van der Waals surface area contributed by atoms with Crippen LogP contribution >= 0.6 is 11.8 Å². The molecule has 8 heteroatoms. The second-order valence-electron chi connectivity index (χ2n) is 3.98. The normalized spacial score (nSPS) is 12.3. The summed E-state index contributed by atoms with van der Waals surface area (Å²) >= 11 is 1.12. The fraction of sp³-hybridized carbons (Fsp3) is 0.333. The van der Waals surface area contributed by atoms with Gasteiger partial charge in [0.25, 0.3) is 0 Å². The number of carboxylic acid groups (broad SMARTS) is 1. The van der Waals surface area contributed by atoms with Crippen molar-refractivity contribution in [3.8, 4) is 5.88 Å². The SMILES string of the molecule is C=CC(C)n1c(SCC(=O)O)nc2c(OC)ncnc21.